The molecule has 1 unspecified atom stereocenters. The maximum atomic E-state index is 13.7. The monoisotopic (exact) mass is 345 g/mol. The maximum absolute atomic E-state index is 13.7. The molecule has 6 heteroatoms. The topological polar surface area (TPSA) is 58.6 Å². The minimum Gasteiger partial charge on any atom is -0.494 e. The van der Waals surface area contributed by atoms with Gasteiger partial charge in [-0.2, -0.15) is 0 Å². The molecule has 0 aliphatic carbocycles. The largest absolute Gasteiger partial charge is 0.494 e. The van der Waals surface area contributed by atoms with Gasteiger partial charge in [-0.1, -0.05) is 18.2 Å². The summed E-state index contributed by atoms with van der Waals surface area (Å²) in [6.07, 6.45) is -0.826. The molecule has 3 rings (SSSR count). The van der Waals surface area contributed by atoms with Crippen LogP contribution in [0.25, 0.3) is 10.1 Å². The zero-order chi connectivity index (χ0) is 17.1. The van der Waals surface area contributed by atoms with Crippen LogP contribution in [0.4, 0.5) is 4.39 Å². The van der Waals surface area contributed by atoms with Gasteiger partial charge in [0.2, 0.25) is 0 Å². The smallest absolute Gasteiger partial charge is 0.251 e. The van der Waals surface area contributed by atoms with Crippen LogP contribution in [-0.2, 0) is 0 Å². The molecular weight excluding hydrogens is 329 g/mol. The van der Waals surface area contributed by atoms with E-state index in [1.807, 2.05) is 29.6 Å². The minimum absolute atomic E-state index is 0.0488. The van der Waals surface area contributed by atoms with E-state index in [0.29, 0.717) is 0 Å². The number of rotatable bonds is 5. The highest BCUT2D eigenvalue weighted by Crippen LogP contribution is 2.29. The van der Waals surface area contributed by atoms with Gasteiger partial charge in [0.1, 0.15) is 0 Å². The second-order valence-corrected chi connectivity index (χ2v) is 6.17. The van der Waals surface area contributed by atoms with Gasteiger partial charge >= 0.3 is 0 Å². The highest BCUT2D eigenvalue weighted by molar-refractivity contribution is 7.17. The molecule has 0 radical (unpaired) electrons. The second kappa shape index (κ2) is 6.98. The lowest BCUT2D eigenvalue weighted by Gasteiger charge is -2.12. The SMILES string of the molecule is COc1ccc(C(=O)NCC(O)c2csc3ccccc23)cc1F. The van der Waals surface area contributed by atoms with E-state index in [1.165, 1.54) is 19.2 Å². The molecule has 1 amide bonds. The van der Waals surface area contributed by atoms with Crippen LogP contribution in [-0.4, -0.2) is 24.7 Å². The summed E-state index contributed by atoms with van der Waals surface area (Å²) >= 11 is 1.54. The predicted molar refractivity (Wildman–Crippen MR) is 92.1 cm³/mol. The van der Waals surface area contributed by atoms with Crippen molar-refractivity contribution in [1.29, 1.82) is 0 Å². The van der Waals surface area contributed by atoms with Gasteiger partial charge in [0.25, 0.3) is 5.91 Å². The van der Waals surface area contributed by atoms with Gasteiger partial charge in [0.15, 0.2) is 11.6 Å². The Balaban J connectivity index is 1.68. The molecule has 0 aliphatic heterocycles. The first kappa shape index (κ1) is 16.4. The summed E-state index contributed by atoms with van der Waals surface area (Å²) < 4.78 is 19.6. The number of ether oxygens (including phenoxy) is 1. The Morgan fingerprint density at radius 1 is 1.33 bits per heavy atom. The van der Waals surface area contributed by atoms with Gasteiger partial charge in [-0.3, -0.25) is 4.79 Å². The number of carbonyl (C=O) groups is 1. The van der Waals surface area contributed by atoms with Gasteiger partial charge < -0.3 is 15.2 Å². The quantitative estimate of drug-likeness (QED) is 0.744. The number of halogens is 1. The summed E-state index contributed by atoms with van der Waals surface area (Å²) in [5.74, 6) is -0.971. The molecule has 1 atom stereocenters. The number of methoxy groups -OCH3 is 1. The zero-order valence-electron chi connectivity index (χ0n) is 13.0. The Kier molecular flexibility index (Phi) is 4.78. The van der Waals surface area contributed by atoms with Crippen LogP contribution in [0, 0.1) is 5.82 Å². The van der Waals surface area contributed by atoms with Crippen molar-refractivity contribution >= 4 is 27.3 Å². The Hall–Kier alpha value is -2.44. The first-order chi connectivity index (χ1) is 11.6. The van der Waals surface area contributed by atoms with Crippen molar-refractivity contribution < 1.29 is 19.0 Å². The minimum atomic E-state index is -0.826. The Morgan fingerprint density at radius 3 is 2.88 bits per heavy atom. The predicted octanol–water partition coefficient (Wildman–Crippen LogP) is 3.51. The standard InChI is InChI=1S/C18H16FNO3S/c1-23-16-7-6-11(8-14(16)19)18(22)20-9-15(21)13-10-24-17-5-3-2-4-12(13)17/h2-8,10,15,21H,9H2,1H3,(H,20,22). The molecule has 0 spiro atoms. The number of aliphatic hydroxyl groups is 1. The first-order valence-electron chi connectivity index (χ1n) is 7.36. The number of amides is 1. The highest BCUT2D eigenvalue weighted by atomic mass is 32.1. The van der Waals surface area contributed by atoms with Crippen LogP contribution in [0.3, 0.4) is 0 Å². The lowest BCUT2D eigenvalue weighted by Crippen LogP contribution is -2.28. The van der Waals surface area contributed by atoms with Crippen LogP contribution in [0.2, 0.25) is 0 Å². The van der Waals surface area contributed by atoms with Gasteiger partial charge in [-0.25, -0.2) is 4.39 Å². The zero-order valence-corrected chi connectivity index (χ0v) is 13.8. The fourth-order valence-electron chi connectivity index (χ4n) is 2.47. The number of aliphatic hydroxyl groups excluding tert-OH is 1. The number of hydrogen-bond acceptors (Lipinski definition) is 4. The van der Waals surface area contributed by atoms with E-state index >= 15 is 0 Å². The average Bonchev–Trinajstić information content (AvgIpc) is 3.03. The Morgan fingerprint density at radius 2 is 2.12 bits per heavy atom. The molecule has 0 fully saturated rings. The number of hydrogen-bond donors (Lipinski definition) is 2. The molecule has 124 valence electrons. The van der Waals surface area contributed by atoms with Gasteiger partial charge in [-0.05, 0) is 35.0 Å². The van der Waals surface area contributed by atoms with Gasteiger partial charge in [0, 0.05) is 22.4 Å². The molecule has 0 saturated carbocycles. The molecule has 2 aromatic carbocycles. The van der Waals surface area contributed by atoms with Crippen molar-refractivity contribution in [1.82, 2.24) is 5.32 Å². The number of nitrogens with one attached hydrogen (secondary N) is 1. The molecule has 24 heavy (non-hydrogen) atoms. The van der Waals surface area contributed by atoms with E-state index in [4.69, 9.17) is 4.74 Å². The molecule has 0 saturated heterocycles. The molecule has 2 N–H and O–H groups in total. The van der Waals surface area contributed by atoms with Crippen LogP contribution >= 0.6 is 11.3 Å². The fourth-order valence-corrected chi connectivity index (χ4v) is 3.47. The van der Waals surface area contributed by atoms with E-state index in [1.54, 1.807) is 11.3 Å². The van der Waals surface area contributed by atoms with E-state index in [-0.39, 0.29) is 17.9 Å². The molecule has 1 aromatic heterocycles. The fraction of sp³-hybridized carbons (Fsp3) is 0.167. The lowest BCUT2D eigenvalue weighted by atomic mass is 10.1. The summed E-state index contributed by atoms with van der Waals surface area (Å²) in [7, 11) is 1.36. The van der Waals surface area contributed by atoms with Crippen molar-refractivity contribution in [2.24, 2.45) is 0 Å². The van der Waals surface area contributed by atoms with Gasteiger partial charge in [-0.15, -0.1) is 11.3 Å². The molecule has 3 aromatic rings. The number of thiophene rings is 1. The number of benzene rings is 2. The molecule has 4 nitrogen and oxygen atoms in total. The summed E-state index contributed by atoms with van der Waals surface area (Å²) in [4.78, 5) is 12.1. The number of fused-ring (bicyclic) bond motifs is 1. The summed E-state index contributed by atoms with van der Waals surface area (Å²) in [6, 6.07) is 11.7. The first-order valence-corrected chi connectivity index (χ1v) is 8.24. The lowest BCUT2D eigenvalue weighted by molar-refractivity contribution is 0.0916. The maximum Gasteiger partial charge on any atom is 0.251 e. The second-order valence-electron chi connectivity index (χ2n) is 5.26. The summed E-state index contributed by atoms with van der Waals surface area (Å²) in [6.45, 7) is 0.0488. The van der Waals surface area contributed by atoms with Crippen molar-refractivity contribution in [3.05, 3.63) is 64.8 Å². The van der Waals surface area contributed by atoms with E-state index in [2.05, 4.69) is 5.32 Å². The molecular formula is C18H16FNO3S. The Bertz CT molecular complexity index is 878. The summed E-state index contributed by atoms with van der Waals surface area (Å²) in [5, 5.41) is 15.8. The van der Waals surface area contributed by atoms with E-state index in [9.17, 15) is 14.3 Å². The molecule has 1 heterocycles. The van der Waals surface area contributed by atoms with Crippen molar-refractivity contribution in [3.8, 4) is 5.75 Å². The summed E-state index contributed by atoms with van der Waals surface area (Å²) in [5.41, 5.74) is 0.951. The van der Waals surface area contributed by atoms with Crippen molar-refractivity contribution in [2.75, 3.05) is 13.7 Å². The average molecular weight is 345 g/mol. The van der Waals surface area contributed by atoms with Crippen LogP contribution in [0.5, 0.6) is 5.75 Å². The van der Waals surface area contributed by atoms with E-state index < -0.39 is 17.8 Å². The third-order valence-corrected chi connectivity index (χ3v) is 4.72. The van der Waals surface area contributed by atoms with Crippen LogP contribution < -0.4 is 10.1 Å². The Labute approximate surface area is 142 Å². The number of carbonyl (C=O) groups excluding carboxylic acids is 1. The normalized spacial score (nSPS) is 12.1. The van der Waals surface area contributed by atoms with Crippen molar-refractivity contribution in [3.63, 3.8) is 0 Å². The molecule has 0 bridgehead atoms. The third kappa shape index (κ3) is 3.25. The van der Waals surface area contributed by atoms with E-state index in [0.717, 1.165) is 21.7 Å². The van der Waals surface area contributed by atoms with Crippen LogP contribution in [0.1, 0.15) is 22.0 Å². The van der Waals surface area contributed by atoms with Crippen molar-refractivity contribution in [2.45, 2.75) is 6.10 Å². The van der Waals surface area contributed by atoms with Crippen LogP contribution in [0.15, 0.2) is 47.8 Å². The van der Waals surface area contributed by atoms with Gasteiger partial charge in [0.05, 0.1) is 13.2 Å². The third-order valence-electron chi connectivity index (χ3n) is 3.74. The molecule has 0 aliphatic rings. The highest BCUT2D eigenvalue weighted by Gasteiger charge is 2.15.